The van der Waals surface area contributed by atoms with Gasteiger partial charge in [-0.15, -0.1) is 0 Å². The highest BCUT2D eigenvalue weighted by Crippen LogP contribution is 2.26. The predicted molar refractivity (Wildman–Crippen MR) is 74.3 cm³/mol. The zero-order valence-corrected chi connectivity index (χ0v) is 11.1. The minimum Gasteiger partial charge on any atom is -0.393 e. The summed E-state index contributed by atoms with van der Waals surface area (Å²) in [7, 11) is 0. The maximum atomic E-state index is 10.8. The molecule has 0 aliphatic heterocycles. The van der Waals surface area contributed by atoms with Crippen molar-refractivity contribution in [2.75, 3.05) is 11.9 Å². The van der Waals surface area contributed by atoms with Gasteiger partial charge in [0.25, 0.3) is 5.69 Å². The molecule has 5 nitrogen and oxygen atoms in total. The van der Waals surface area contributed by atoms with E-state index < -0.39 is 0 Å². The Morgan fingerprint density at radius 2 is 2.16 bits per heavy atom. The smallest absolute Gasteiger partial charge is 0.271 e. The summed E-state index contributed by atoms with van der Waals surface area (Å²) in [6.45, 7) is 2.59. The highest BCUT2D eigenvalue weighted by atomic mass is 16.6. The van der Waals surface area contributed by atoms with E-state index in [2.05, 4.69) is 5.32 Å². The molecule has 5 heteroatoms. The van der Waals surface area contributed by atoms with Crippen molar-refractivity contribution in [2.24, 2.45) is 5.92 Å². The van der Waals surface area contributed by atoms with E-state index in [-0.39, 0.29) is 22.6 Å². The maximum absolute atomic E-state index is 10.8. The van der Waals surface area contributed by atoms with Gasteiger partial charge in [-0.25, -0.2) is 0 Å². The number of non-ortho nitro benzene ring substituents is 1. The van der Waals surface area contributed by atoms with Crippen molar-refractivity contribution in [1.82, 2.24) is 0 Å². The Morgan fingerprint density at radius 1 is 1.42 bits per heavy atom. The summed E-state index contributed by atoms with van der Waals surface area (Å²) in [5, 5.41) is 23.9. The van der Waals surface area contributed by atoms with Crippen LogP contribution in [0.2, 0.25) is 0 Å². The number of aryl methyl sites for hydroxylation is 1. The molecule has 1 aliphatic rings. The fraction of sp³-hybridized carbons (Fsp3) is 0.571. The molecule has 1 fully saturated rings. The highest BCUT2D eigenvalue weighted by Gasteiger charge is 2.22. The molecule has 1 aromatic rings. The van der Waals surface area contributed by atoms with E-state index in [0.29, 0.717) is 6.54 Å². The summed E-state index contributed by atoms with van der Waals surface area (Å²) < 4.78 is 0. The summed E-state index contributed by atoms with van der Waals surface area (Å²) in [6.07, 6.45) is 3.87. The molecule has 0 amide bonds. The molecule has 104 valence electrons. The van der Waals surface area contributed by atoms with Crippen molar-refractivity contribution in [2.45, 2.75) is 38.7 Å². The fourth-order valence-corrected chi connectivity index (χ4v) is 2.58. The number of hydrogen-bond donors (Lipinski definition) is 2. The Morgan fingerprint density at radius 3 is 2.84 bits per heavy atom. The molecule has 2 N–H and O–H groups in total. The second-order valence-corrected chi connectivity index (χ2v) is 5.25. The molecule has 2 rings (SSSR count). The zero-order valence-electron chi connectivity index (χ0n) is 11.1. The van der Waals surface area contributed by atoms with Crippen molar-refractivity contribution < 1.29 is 10.0 Å². The number of rotatable bonds is 4. The van der Waals surface area contributed by atoms with Gasteiger partial charge in [0.2, 0.25) is 0 Å². The number of aliphatic hydroxyl groups is 1. The zero-order chi connectivity index (χ0) is 13.8. The Labute approximate surface area is 112 Å². The lowest BCUT2D eigenvalue weighted by Gasteiger charge is -2.28. The van der Waals surface area contributed by atoms with Crippen LogP contribution in [0, 0.1) is 23.0 Å². The number of aliphatic hydroxyl groups excluding tert-OH is 1. The van der Waals surface area contributed by atoms with Crippen LogP contribution >= 0.6 is 0 Å². The van der Waals surface area contributed by atoms with E-state index in [1.165, 1.54) is 6.07 Å². The molecule has 0 bridgehead atoms. The van der Waals surface area contributed by atoms with Gasteiger partial charge in [-0.2, -0.15) is 0 Å². The van der Waals surface area contributed by atoms with Gasteiger partial charge in [-0.05, 0) is 25.3 Å². The van der Waals surface area contributed by atoms with Gasteiger partial charge in [0.1, 0.15) is 0 Å². The van der Waals surface area contributed by atoms with Crippen LogP contribution < -0.4 is 5.32 Å². The molecule has 0 heterocycles. The third-order valence-electron chi connectivity index (χ3n) is 3.86. The Bertz CT molecular complexity index is 462. The standard InChI is InChI=1S/C14H20N2O3/c1-10-6-7-12(16(18)19)8-13(10)15-9-11-4-2-3-5-14(11)17/h6-8,11,14-15,17H,2-5,9H2,1H3. The average Bonchev–Trinajstić information content (AvgIpc) is 2.39. The van der Waals surface area contributed by atoms with E-state index in [9.17, 15) is 15.2 Å². The van der Waals surface area contributed by atoms with Crippen LogP contribution in [0.1, 0.15) is 31.2 Å². The number of benzene rings is 1. The van der Waals surface area contributed by atoms with E-state index in [1.54, 1.807) is 12.1 Å². The van der Waals surface area contributed by atoms with Crippen LogP contribution in [-0.4, -0.2) is 22.7 Å². The first-order valence-corrected chi connectivity index (χ1v) is 6.75. The Hall–Kier alpha value is -1.62. The van der Waals surface area contributed by atoms with Gasteiger partial charge in [0.15, 0.2) is 0 Å². The maximum Gasteiger partial charge on any atom is 0.271 e. The first-order valence-electron chi connectivity index (χ1n) is 6.75. The summed E-state index contributed by atoms with van der Waals surface area (Å²) in [4.78, 5) is 10.4. The normalized spacial score (nSPS) is 23.1. The topological polar surface area (TPSA) is 75.4 Å². The fourth-order valence-electron chi connectivity index (χ4n) is 2.58. The van der Waals surface area contributed by atoms with Crippen LogP contribution in [0.5, 0.6) is 0 Å². The van der Waals surface area contributed by atoms with Gasteiger partial charge < -0.3 is 10.4 Å². The molecule has 1 aliphatic carbocycles. The number of hydrogen-bond acceptors (Lipinski definition) is 4. The summed E-state index contributed by atoms with van der Waals surface area (Å²) in [5.41, 5.74) is 1.86. The molecule has 0 radical (unpaired) electrons. The Balaban J connectivity index is 2.02. The van der Waals surface area contributed by atoms with Crippen LogP contribution in [-0.2, 0) is 0 Å². The second kappa shape index (κ2) is 6.02. The van der Waals surface area contributed by atoms with E-state index in [1.807, 2.05) is 6.92 Å². The molecule has 0 spiro atoms. The van der Waals surface area contributed by atoms with E-state index in [4.69, 9.17) is 0 Å². The number of anilines is 1. The average molecular weight is 264 g/mol. The summed E-state index contributed by atoms with van der Waals surface area (Å²) in [6, 6.07) is 4.82. The quantitative estimate of drug-likeness (QED) is 0.647. The number of nitro groups is 1. The number of nitrogens with zero attached hydrogens (tertiary/aromatic N) is 1. The molecule has 2 unspecified atom stereocenters. The second-order valence-electron chi connectivity index (χ2n) is 5.25. The minimum atomic E-state index is -0.389. The molecule has 0 aromatic heterocycles. The van der Waals surface area contributed by atoms with Gasteiger partial charge in [-0.1, -0.05) is 18.9 Å². The first kappa shape index (κ1) is 13.8. The van der Waals surface area contributed by atoms with Crippen LogP contribution in [0.25, 0.3) is 0 Å². The third-order valence-corrected chi connectivity index (χ3v) is 3.86. The predicted octanol–water partition coefficient (Wildman–Crippen LogP) is 2.87. The molecule has 1 aromatic carbocycles. The summed E-state index contributed by atoms with van der Waals surface area (Å²) in [5.74, 6) is 0.243. The number of nitro benzene ring substituents is 1. The monoisotopic (exact) mass is 264 g/mol. The lowest BCUT2D eigenvalue weighted by molar-refractivity contribution is -0.384. The molecule has 19 heavy (non-hydrogen) atoms. The van der Waals surface area contributed by atoms with Gasteiger partial charge in [0.05, 0.1) is 11.0 Å². The minimum absolute atomic E-state index is 0.0947. The van der Waals surface area contributed by atoms with Crippen molar-refractivity contribution >= 4 is 11.4 Å². The van der Waals surface area contributed by atoms with E-state index in [0.717, 1.165) is 36.9 Å². The SMILES string of the molecule is Cc1ccc([N+](=O)[O-])cc1NCC1CCCCC1O. The van der Waals surface area contributed by atoms with Gasteiger partial charge in [0, 0.05) is 30.3 Å². The van der Waals surface area contributed by atoms with Crippen LogP contribution in [0.15, 0.2) is 18.2 Å². The highest BCUT2D eigenvalue weighted by molar-refractivity contribution is 5.56. The molecular weight excluding hydrogens is 244 g/mol. The lowest BCUT2D eigenvalue weighted by Crippen LogP contribution is -2.30. The van der Waals surface area contributed by atoms with Crippen LogP contribution in [0.3, 0.4) is 0 Å². The number of nitrogens with one attached hydrogen (secondary N) is 1. The first-order chi connectivity index (χ1) is 9.08. The van der Waals surface area contributed by atoms with Crippen molar-refractivity contribution in [3.05, 3.63) is 33.9 Å². The molecule has 0 saturated heterocycles. The Kier molecular flexibility index (Phi) is 4.37. The summed E-state index contributed by atoms with van der Waals surface area (Å²) >= 11 is 0. The molecular formula is C14H20N2O3. The van der Waals surface area contributed by atoms with Crippen molar-refractivity contribution in [1.29, 1.82) is 0 Å². The lowest BCUT2D eigenvalue weighted by atomic mass is 9.86. The van der Waals surface area contributed by atoms with Crippen LogP contribution in [0.4, 0.5) is 11.4 Å². The third kappa shape index (κ3) is 3.44. The van der Waals surface area contributed by atoms with Gasteiger partial charge >= 0.3 is 0 Å². The van der Waals surface area contributed by atoms with Gasteiger partial charge in [-0.3, -0.25) is 10.1 Å². The van der Waals surface area contributed by atoms with Crippen molar-refractivity contribution in [3.8, 4) is 0 Å². The largest absolute Gasteiger partial charge is 0.393 e. The molecule has 1 saturated carbocycles. The van der Waals surface area contributed by atoms with Crippen molar-refractivity contribution in [3.63, 3.8) is 0 Å². The van der Waals surface area contributed by atoms with E-state index >= 15 is 0 Å². The molecule has 2 atom stereocenters.